The summed E-state index contributed by atoms with van der Waals surface area (Å²) in [7, 11) is 0. The van der Waals surface area contributed by atoms with Crippen molar-refractivity contribution in [2.75, 3.05) is 5.73 Å². The molecule has 0 aliphatic rings. The van der Waals surface area contributed by atoms with Crippen molar-refractivity contribution in [3.8, 4) is 11.4 Å². The van der Waals surface area contributed by atoms with Crippen molar-refractivity contribution >= 4 is 16.9 Å². The van der Waals surface area contributed by atoms with E-state index < -0.39 is 0 Å². The molecule has 0 amide bonds. The molecule has 5 heteroatoms. The Kier molecular flexibility index (Phi) is 1.53. The highest BCUT2D eigenvalue weighted by Gasteiger charge is 2.08. The minimum Gasteiger partial charge on any atom is -0.384 e. The van der Waals surface area contributed by atoms with E-state index >= 15 is 0 Å². The summed E-state index contributed by atoms with van der Waals surface area (Å²) < 4.78 is 0. The molecule has 74 valence electrons. The summed E-state index contributed by atoms with van der Waals surface area (Å²) in [5, 5.41) is 1.01. The van der Waals surface area contributed by atoms with E-state index in [1.807, 2.05) is 18.3 Å². The highest BCUT2D eigenvalue weighted by Crippen LogP contribution is 2.25. The molecule has 0 bridgehead atoms. The van der Waals surface area contributed by atoms with Gasteiger partial charge in [-0.25, -0.2) is 9.97 Å². The monoisotopic (exact) mass is 199 g/mol. The zero-order valence-electron chi connectivity index (χ0n) is 7.86. The lowest BCUT2D eigenvalue weighted by Crippen LogP contribution is -1.92. The van der Waals surface area contributed by atoms with Crippen LogP contribution in [0.1, 0.15) is 0 Å². The lowest BCUT2D eigenvalue weighted by Gasteiger charge is -2.00. The molecule has 0 aromatic carbocycles. The van der Waals surface area contributed by atoms with Crippen LogP contribution in [-0.2, 0) is 0 Å². The number of nitrogen functional groups attached to an aromatic ring is 1. The predicted octanol–water partition coefficient (Wildman–Crippen LogP) is 1.54. The Labute approximate surface area is 85.4 Å². The number of aromatic amines is 2. The highest BCUT2D eigenvalue weighted by atomic mass is 14.9. The first-order chi connectivity index (χ1) is 7.34. The second-order valence-corrected chi connectivity index (χ2v) is 3.27. The van der Waals surface area contributed by atoms with Crippen LogP contribution in [0.2, 0.25) is 0 Å². The summed E-state index contributed by atoms with van der Waals surface area (Å²) in [5.41, 5.74) is 7.46. The maximum Gasteiger partial charge on any atom is 0.140 e. The zero-order valence-corrected chi connectivity index (χ0v) is 7.86. The number of nitrogens with zero attached hydrogens (tertiary/aromatic N) is 2. The van der Waals surface area contributed by atoms with Crippen LogP contribution < -0.4 is 5.73 Å². The molecule has 3 aromatic heterocycles. The number of hydrogen-bond acceptors (Lipinski definition) is 3. The van der Waals surface area contributed by atoms with Crippen LogP contribution in [0.15, 0.2) is 30.7 Å². The van der Waals surface area contributed by atoms with E-state index in [0.29, 0.717) is 5.82 Å². The van der Waals surface area contributed by atoms with Crippen LogP contribution in [0.4, 0.5) is 5.82 Å². The molecule has 0 spiro atoms. The number of aromatic nitrogens is 4. The van der Waals surface area contributed by atoms with Gasteiger partial charge in [-0.15, -0.1) is 0 Å². The van der Waals surface area contributed by atoms with E-state index in [1.165, 1.54) is 0 Å². The van der Waals surface area contributed by atoms with Gasteiger partial charge in [-0.05, 0) is 12.1 Å². The van der Waals surface area contributed by atoms with Crippen molar-refractivity contribution < 1.29 is 0 Å². The van der Waals surface area contributed by atoms with Crippen molar-refractivity contribution in [2.24, 2.45) is 0 Å². The third kappa shape index (κ3) is 1.17. The standard InChI is InChI=1S/C10H9N5/c11-8-5-7(9-13-3-4-14-9)6-1-2-12-10(6)15-8/h1-5H,(H,13,14)(H3,11,12,15). The van der Waals surface area contributed by atoms with Crippen LogP contribution in [0.25, 0.3) is 22.4 Å². The van der Waals surface area contributed by atoms with Crippen LogP contribution in [0.3, 0.4) is 0 Å². The molecule has 4 N–H and O–H groups in total. The third-order valence-corrected chi connectivity index (χ3v) is 2.30. The summed E-state index contributed by atoms with van der Waals surface area (Å²) in [4.78, 5) is 14.5. The van der Waals surface area contributed by atoms with Gasteiger partial charge in [-0.2, -0.15) is 0 Å². The number of nitrogens with one attached hydrogen (secondary N) is 2. The molecule has 3 rings (SSSR count). The van der Waals surface area contributed by atoms with Crippen LogP contribution in [-0.4, -0.2) is 19.9 Å². The molecule has 0 saturated heterocycles. The topological polar surface area (TPSA) is 83.4 Å². The smallest absolute Gasteiger partial charge is 0.140 e. The predicted molar refractivity (Wildman–Crippen MR) is 58.1 cm³/mol. The number of H-pyrrole nitrogens is 2. The summed E-state index contributed by atoms with van der Waals surface area (Å²) in [6.07, 6.45) is 5.33. The zero-order chi connectivity index (χ0) is 10.3. The van der Waals surface area contributed by atoms with E-state index in [2.05, 4.69) is 19.9 Å². The Balaban J connectivity index is 2.38. The van der Waals surface area contributed by atoms with Gasteiger partial charge in [-0.1, -0.05) is 0 Å². The SMILES string of the molecule is Nc1cc(-c2ncc[nH]2)c2cc[nH]c2n1. The first-order valence-corrected chi connectivity index (χ1v) is 4.58. The summed E-state index contributed by atoms with van der Waals surface area (Å²) in [5.74, 6) is 1.28. The Hall–Kier alpha value is -2.30. The number of rotatable bonds is 1. The van der Waals surface area contributed by atoms with E-state index in [1.54, 1.807) is 12.4 Å². The van der Waals surface area contributed by atoms with Crippen molar-refractivity contribution in [3.63, 3.8) is 0 Å². The molecular weight excluding hydrogens is 190 g/mol. The first-order valence-electron chi connectivity index (χ1n) is 4.58. The Bertz CT molecular complexity index is 593. The number of pyridine rings is 1. The van der Waals surface area contributed by atoms with Crippen LogP contribution >= 0.6 is 0 Å². The highest BCUT2D eigenvalue weighted by molar-refractivity contribution is 5.92. The molecule has 15 heavy (non-hydrogen) atoms. The van der Waals surface area contributed by atoms with E-state index in [0.717, 1.165) is 22.4 Å². The van der Waals surface area contributed by atoms with Gasteiger partial charge in [0.15, 0.2) is 0 Å². The van der Waals surface area contributed by atoms with Gasteiger partial charge in [0.05, 0.1) is 0 Å². The molecule has 0 aliphatic heterocycles. The fourth-order valence-corrected chi connectivity index (χ4v) is 1.67. The van der Waals surface area contributed by atoms with Crippen molar-refractivity contribution in [2.45, 2.75) is 0 Å². The normalized spacial score (nSPS) is 10.9. The minimum atomic E-state index is 0.483. The largest absolute Gasteiger partial charge is 0.384 e. The van der Waals surface area contributed by atoms with Crippen LogP contribution in [0, 0.1) is 0 Å². The van der Waals surface area contributed by atoms with Gasteiger partial charge >= 0.3 is 0 Å². The Morgan fingerprint density at radius 1 is 1.20 bits per heavy atom. The quantitative estimate of drug-likeness (QED) is 0.555. The third-order valence-electron chi connectivity index (χ3n) is 2.30. The molecule has 0 unspecified atom stereocenters. The fourth-order valence-electron chi connectivity index (χ4n) is 1.67. The molecule has 0 aliphatic carbocycles. The minimum absolute atomic E-state index is 0.483. The van der Waals surface area contributed by atoms with Gasteiger partial charge in [0, 0.05) is 29.5 Å². The molecule has 3 heterocycles. The van der Waals surface area contributed by atoms with Crippen molar-refractivity contribution in [1.29, 1.82) is 0 Å². The molecule has 3 aromatic rings. The lowest BCUT2D eigenvalue weighted by atomic mass is 10.1. The average Bonchev–Trinajstić information content (AvgIpc) is 2.86. The van der Waals surface area contributed by atoms with E-state index in [4.69, 9.17) is 5.73 Å². The number of hydrogen-bond donors (Lipinski definition) is 3. The summed E-state index contributed by atoms with van der Waals surface area (Å²) in [6.45, 7) is 0. The molecule has 0 saturated carbocycles. The number of fused-ring (bicyclic) bond motifs is 1. The van der Waals surface area contributed by atoms with Gasteiger partial charge in [0.25, 0.3) is 0 Å². The molecule has 0 radical (unpaired) electrons. The summed E-state index contributed by atoms with van der Waals surface area (Å²) in [6, 6.07) is 3.77. The van der Waals surface area contributed by atoms with Crippen molar-refractivity contribution in [3.05, 3.63) is 30.7 Å². The van der Waals surface area contributed by atoms with Gasteiger partial charge < -0.3 is 15.7 Å². The average molecular weight is 199 g/mol. The fraction of sp³-hybridized carbons (Fsp3) is 0. The van der Waals surface area contributed by atoms with Gasteiger partial charge in [0.1, 0.15) is 17.3 Å². The molecule has 0 fully saturated rings. The first kappa shape index (κ1) is 8.05. The second kappa shape index (κ2) is 2.84. The number of anilines is 1. The van der Waals surface area contributed by atoms with E-state index in [9.17, 15) is 0 Å². The molecular formula is C10H9N5. The molecule has 5 nitrogen and oxygen atoms in total. The number of imidazole rings is 1. The van der Waals surface area contributed by atoms with Gasteiger partial charge in [-0.3, -0.25) is 0 Å². The summed E-state index contributed by atoms with van der Waals surface area (Å²) >= 11 is 0. The lowest BCUT2D eigenvalue weighted by molar-refractivity contribution is 1.29. The Morgan fingerprint density at radius 3 is 2.93 bits per heavy atom. The van der Waals surface area contributed by atoms with Gasteiger partial charge in [0.2, 0.25) is 0 Å². The maximum atomic E-state index is 5.72. The maximum absolute atomic E-state index is 5.72. The van der Waals surface area contributed by atoms with E-state index in [-0.39, 0.29) is 0 Å². The Morgan fingerprint density at radius 2 is 2.13 bits per heavy atom. The van der Waals surface area contributed by atoms with Crippen molar-refractivity contribution in [1.82, 2.24) is 19.9 Å². The van der Waals surface area contributed by atoms with Crippen LogP contribution in [0.5, 0.6) is 0 Å². The second-order valence-electron chi connectivity index (χ2n) is 3.27. The number of nitrogens with two attached hydrogens (primary N) is 1. The molecule has 0 atom stereocenters.